The third kappa shape index (κ3) is 5.00. The van der Waals surface area contributed by atoms with E-state index in [0.29, 0.717) is 12.1 Å². The van der Waals surface area contributed by atoms with Gasteiger partial charge in [0.2, 0.25) is 5.88 Å². The molecule has 3 aromatic rings. The van der Waals surface area contributed by atoms with Crippen LogP contribution in [0.4, 0.5) is 5.69 Å². The number of hydrogen-bond acceptors (Lipinski definition) is 7. The number of azo groups is 1. The Morgan fingerprint density at radius 3 is 2.60 bits per heavy atom. The van der Waals surface area contributed by atoms with Crippen molar-refractivity contribution in [1.82, 2.24) is 9.47 Å². The van der Waals surface area contributed by atoms with E-state index in [-0.39, 0.29) is 18.2 Å². The van der Waals surface area contributed by atoms with Gasteiger partial charge in [-0.25, -0.2) is 0 Å². The Morgan fingerprint density at radius 1 is 1.17 bits per heavy atom. The summed E-state index contributed by atoms with van der Waals surface area (Å²) in [5.41, 5.74) is 1.83. The molecule has 1 amide bonds. The third-order valence-electron chi connectivity index (χ3n) is 4.18. The maximum Gasteiger partial charge on any atom is 0.304 e. The molecule has 0 aliphatic carbocycles. The monoisotopic (exact) mass is 409 g/mol. The Bertz CT molecular complexity index is 1070. The molecule has 0 atom stereocenters. The number of carbonyl (C=O) groups excluding carboxylic acids is 1. The molecular weight excluding hydrogens is 386 g/mol. The highest BCUT2D eigenvalue weighted by Gasteiger charge is 2.17. The van der Waals surface area contributed by atoms with Crippen LogP contribution < -0.4 is 4.74 Å². The molecule has 0 unspecified atom stereocenters. The van der Waals surface area contributed by atoms with Crippen LogP contribution in [0.5, 0.6) is 11.6 Å². The van der Waals surface area contributed by atoms with Gasteiger partial charge < -0.3 is 14.7 Å². The van der Waals surface area contributed by atoms with E-state index in [0.717, 1.165) is 16.8 Å². The zero-order valence-electron chi connectivity index (χ0n) is 17.0. The average molecular weight is 409 g/mol. The molecule has 9 heteroatoms. The number of amides is 1. The lowest BCUT2D eigenvalue weighted by Crippen LogP contribution is -2.16. The number of nitrogens with zero attached hydrogens (tertiary/aromatic N) is 5. The second-order valence-corrected chi connectivity index (χ2v) is 6.71. The van der Waals surface area contributed by atoms with Crippen molar-refractivity contribution in [2.75, 3.05) is 27.8 Å². The van der Waals surface area contributed by atoms with Gasteiger partial charge in [0.25, 0.3) is 0 Å². The van der Waals surface area contributed by atoms with Crippen LogP contribution in [0.1, 0.15) is 5.56 Å². The van der Waals surface area contributed by atoms with Gasteiger partial charge in [0.05, 0.1) is 25.5 Å². The number of carbonyl (C=O) groups is 1. The first-order valence-corrected chi connectivity index (χ1v) is 9.18. The van der Waals surface area contributed by atoms with Gasteiger partial charge in [0.15, 0.2) is 12.3 Å². The summed E-state index contributed by atoms with van der Waals surface area (Å²) < 4.78 is 6.78. The molecular formula is C21H23N5O4. The summed E-state index contributed by atoms with van der Waals surface area (Å²) in [5, 5.41) is 22.6. The van der Waals surface area contributed by atoms with E-state index >= 15 is 0 Å². The molecule has 0 bridgehead atoms. The van der Waals surface area contributed by atoms with Gasteiger partial charge in [-0.3, -0.25) is 14.3 Å². The highest BCUT2D eigenvalue weighted by molar-refractivity contribution is 5.95. The second-order valence-electron chi connectivity index (χ2n) is 6.71. The third-order valence-corrected chi connectivity index (χ3v) is 4.18. The predicted octanol–water partition coefficient (Wildman–Crippen LogP) is 3.54. The minimum atomic E-state index is -0.620. The lowest BCUT2D eigenvalue weighted by atomic mass is 10.2. The maximum atomic E-state index is 12.0. The first kappa shape index (κ1) is 21.0. The summed E-state index contributed by atoms with van der Waals surface area (Å²) in [5.74, 6) is 0.0597. The van der Waals surface area contributed by atoms with Gasteiger partial charge in [-0.15, -0.1) is 10.2 Å². The first-order valence-electron chi connectivity index (χ1n) is 9.18. The lowest BCUT2D eigenvalue weighted by Gasteiger charge is -2.12. The molecule has 9 nitrogen and oxygen atoms in total. The largest absolute Gasteiger partial charge is 0.497 e. The quantitative estimate of drug-likeness (QED) is 0.348. The Labute approximate surface area is 173 Å². The van der Waals surface area contributed by atoms with Crippen molar-refractivity contribution >= 4 is 28.7 Å². The molecule has 30 heavy (non-hydrogen) atoms. The van der Waals surface area contributed by atoms with Gasteiger partial charge in [0, 0.05) is 5.39 Å². The van der Waals surface area contributed by atoms with E-state index in [1.54, 1.807) is 35.9 Å². The topological polar surface area (TPSA) is 101 Å². The Balaban J connectivity index is 1.65. The number of aromatic nitrogens is 1. The van der Waals surface area contributed by atoms with Crippen molar-refractivity contribution in [1.29, 1.82) is 0 Å². The van der Waals surface area contributed by atoms with Crippen molar-refractivity contribution in [2.24, 2.45) is 15.4 Å². The van der Waals surface area contributed by atoms with Gasteiger partial charge in [-0.2, -0.15) is 0 Å². The molecule has 1 heterocycles. The normalized spacial score (nSPS) is 11.7. The first-order chi connectivity index (χ1) is 14.5. The van der Waals surface area contributed by atoms with E-state index in [1.807, 2.05) is 43.3 Å². The van der Waals surface area contributed by atoms with Crippen molar-refractivity contribution in [2.45, 2.75) is 6.67 Å². The molecule has 2 aromatic carbocycles. The van der Waals surface area contributed by atoms with Crippen molar-refractivity contribution < 1.29 is 19.5 Å². The molecule has 0 radical (unpaired) electrons. The lowest BCUT2D eigenvalue weighted by molar-refractivity contribution is -0.122. The van der Waals surface area contributed by atoms with Crippen LogP contribution in [0.3, 0.4) is 0 Å². The SMILES string of the molecule is COc1ccc(/C=N/OCC(=O)N=Nc2c(O)n(CN(C)C)c3ccccc23)cc1. The second kappa shape index (κ2) is 9.66. The number of methoxy groups -OCH3 is 1. The number of ether oxygens (including phenoxy) is 1. The van der Waals surface area contributed by atoms with Crippen molar-refractivity contribution in [3.63, 3.8) is 0 Å². The molecule has 3 rings (SSSR count). The van der Waals surface area contributed by atoms with Gasteiger partial charge >= 0.3 is 5.91 Å². The molecule has 1 N–H and O–H groups in total. The number of oxime groups is 1. The molecule has 0 aliphatic heterocycles. The summed E-state index contributed by atoms with van der Waals surface area (Å²) in [6.45, 7) is 0.0895. The molecule has 1 aromatic heterocycles. The van der Waals surface area contributed by atoms with Crippen molar-refractivity contribution in [3.05, 3.63) is 54.1 Å². The molecule has 0 saturated heterocycles. The highest BCUT2D eigenvalue weighted by atomic mass is 16.6. The number of fused-ring (bicyclic) bond motifs is 1. The van der Waals surface area contributed by atoms with Gasteiger partial charge in [-0.1, -0.05) is 23.4 Å². The number of aromatic hydroxyl groups is 1. The standard InChI is InChI=1S/C21H23N5O4/c1-25(2)14-26-18-7-5-4-6-17(18)20(21(26)28)24-23-19(27)13-30-22-12-15-8-10-16(29-3)11-9-15/h4-12,28H,13-14H2,1-3H3/b22-12+,24-23?. The van der Waals surface area contributed by atoms with E-state index in [9.17, 15) is 9.90 Å². The van der Waals surface area contributed by atoms with Gasteiger partial charge in [0.1, 0.15) is 5.75 Å². The fraction of sp³-hybridized carbons (Fsp3) is 0.238. The molecule has 0 spiro atoms. The van der Waals surface area contributed by atoms with Crippen molar-refractivity contribution in [3.8, 4) is 11.6 Å². The number of para-hydroxylation sites is 1. The van der Waals surface area contributed by atoms with Crippen LogP contribution in [0.15, 0.2) is 63.9 Å². The van der Waals surface area contributed by atoms with E-state index in [1.165, 1.54) is 6.21 Å². The highest BCUT2D eigenvalue weighted by Crippen LogP contribution is 2.38. The number of rotatable bonds is 8. The Hall–Kier alpha value is -3.72. The minimum absolute atomic E-state index is 0.0557. The maximum absolute atomic E-state index is 12.0. The van der Waals surface area contributed by atoms with Crippen LogP contribution in [-0.2, 0) is 16.3 Å². The van der Waals surface area contributed by atoms with Crippen LogP contribution in [0.25, 0.3) is 10.9 Å². The van der Waals surface area contributed by atoms with Crippen LogP contribution in [-0.4, -0.2) is 54.5 Å². The summed E-state index contributed by atoms with van der Waals surface area (Å²) in [6.07, 6.45) is 1.48. The summed E-state index contributed by atoms with van der Waals surface area (Å²) in [7, 11) is 5.37. The van der Waals surface area contributed by atoms with Crippen LogP contribution >= 0.6 is 0 Å². The summed E-state index contributed by atoms with van der Waals surface area (Å²) in [4.78, 5) is 18.9. The smallest absolute Gasteiger partial charge is 0.304 e. The van der Waals surface area contributed by atoms with E-state index in [2.05, 4.69) is 15.4 Å². The van der Waals surface area contributed by atoms with Gasteiger partial charge in [-0.05, 0) is 50.0 Å². The Morgan fingerprint density at radius 2 is 1.90 bits per heavy atom. The molecule has 0 aliphatic rings. The predicted molar refractivity (Wildman–Crippen MR) is 113 cm³/mol. The minimum Gasteiger partial charge on any atom is -0.497 e. The zero-order chi connectivity index (χ0) is 21.5. The summed E-state index contributed by atoms with van der Waals surface area (Å²) >= 11 is 0. The molecule has 156 valence electrons. The molecule has 0 fully saturated rings. The zero-order valence-corrected chi connectivity index (χ0v) is 17.0. The van der Waals surface area contributed by atoms with E-state index < -0.39 is 5.91 Å². The number of hydrogen-bond donors (Lipinski definition) is 1. The fourth-order valence-electron chi connectivity index (χ4n) is 2.81. The average Bonchev–Trinajstić information content (AvgIpc) is 3.01. The Kier molecular flexibility index (Phi) is 6.76. The molecule has 0 saturated carbocycles. The van der Waals surface area contributed by atoms with Crippen LogP contribution in [0.2, 0.25) is 0 Å². The fourth-order valence-corrected chi connectivity index (χ4v) is 2.81. The van der Waals surface area contributed by atoms with Crippen LogP contribution in [0, 0.1) is 0 Å². The van der Waals surface area contributed by atoms with E-state index in [4.69, 9.17) is 9.57 Å². The summed E-state index contributed by atoms with van der Waals surface area (Å²) in [6, 6.07) is 14.6. The number of benzene rings is 2.